The van der Waals surface area contributed by atoms with Crippen LogP contribution in [-0.4, -0.2) is 11.8 Å². The van der Waals surface area contributed by atoms with Crippen LogP contribution >= 0.6 is 11.6 Å². The van der Waals surface area contributed by atoms with Crippen LogP contribution in [0.2, 0.25) is 5.02 Å². The van der Waals surface area contributed by atoms with E-state index in [0.29, 0.717) is 21.7 Å². The van der Waals surface area contributed by atoms with Crippen LogP contribution in [0.4, 0.5) is 0 Å². The lowest BCUT2D eigenvalue weighted by atomic mass is 9.99. The summed E-state index contributed by atoms with van der Waals surface area (Å²) in [4.78, 5) is 25.5. The van der Waals surface area contributed by atoms with Crippen LogP contribution < -0.4 is 0 Å². The minimum atomic E-state index is -1.01. The molecule has 1 atom stereocenters. The Morgan fingerprint density at radius 2 is 1.38 bits per heavy atom. The van der Waals surface area contributed by atoms with E-state index in [4.69, 9.17) is 16.3 Å². The minimum absolute atomic E-state index is 0.265. The third kappa shape index (κ3) is 4.19. The Hall–Kier alpha value is -2.91. The predicted octanol–water partition coefficient (Wildman–Crippen LogP) is 5.43. The van der Waals surface area contributed by atoms with Gasteiger partial charge < -0.3 is 4.74 Å². The number of aryl methyl sites for hydroxylation is 1. The van der Waals surface area contributed by atoms with E-state index in [2.05, 4.69) is 0 Å². The molecule has 0 aliphatic rings. The zero-order valence-corrected chi connectivity index (χ0v) is 14.9. The third-order valence-corrected chi connectivity index (χ3v) is 4.23. The summed E-state index contributed by atoms with van der Waals surface area (Å²) in [5.74, 6) is -0.838. The van der Waals surface area contributed by atoms with Gasteiger partial charge in [0.05, 0.1) is 5.56 Å². The molecule has 130 valence electrons. The Balaban J connectivity index is 1.91. The van der Waals surface area contributed by atoms with Crippen molar-refractivity contribution >= 4 is 23.4 Å². The van der Waals surface area contributed by atoms with E-state index in [-0.39, 0.29) is 5.78 Å². The topological polar surface area (TPSA) is 43.4 Å². The van der Waals surface area contributed by atoms with Crippen LogP contribution in [0.1, 0.15) is 37.9 Å². The monoisotopic (exact) mass is 364 g/mol. The number of hydrogen-bond acceptors (Lipinski definition) is 3. The molecule has 0 saturated carbocycles. The molecule has 3 rings (SSSR count). The first kappa shape index (κ1) is 17.9. The molecule has 0 amide bonds. The zero-order valence-electron chi connectivity index (χ0n) is 14.2. The van der Waals surface area contributed by atoms with E-state index in [9.17, 15) is 9.59 Å². The van der Waals surface area contributed by atoms with Gasteiger partial charge in [-0.3, -0.25) is 4.79 Å². The predicted molar refractivity (Wildman–Crippen MR) is 102 cm³/mol. The van der Waals surface area contributed by atoms with Crippen molar-refractivity contribution in [2.24, 2.45) is 0 Å². The van der Waals surface area contributed by atoms with E-state index >= 15 is 0 Å². The smallest absolute Gasteiger partial charge is 0.339 e. The number of carbonyl (C=O) groups is 2. The molecule has 0 bridgehead atoms. The second-order valence-corrected chi connectivity index (χ2v) is 6.37. The Labute approximate surface area is 157 Å². The molecule has 3 aromatic carbocycles. The standard InChI is InChI=1S/C22H17ClO3/c1-15-7-9-16(10-8-15)20(24)21(17-5-3-2-4-6-17)26-22(25)18-11-13-19(23)14-12-18/h2-14,21H,1H3/t21-/m1/s1. The zero-order chi connectivity index (χ0) is 18.5. The highest BCUT2D eigenvalue weighted by Gasteiger charge is 2.26. The lowest BCUT2D eigenvalue weighted by molar-refractivity contribution is 0.0280. The lowest BCUT2D eigenvalue weighted by Crippen LogP contribution is -2.20. The molecule has 0 heterocycles. The maximum Gasteiger partial charge on any atom is 0.339 e. The molecule has 0 fully saturated rings. The van der Waals surface area contributed by atoms with E-state index in [1.54, 1.807) is 60.7 Å². The van der Waals surface area contributed by atoms with Gasteiger partial charge in [-0.05, 0) is 31.2 Å². The van der Waals surface area contributed by atoms with Gasteiger partial charge in [-0.25, -0.2) is 4.79 Å². The summed E-state index contributed by atoms with van der Waals surface area (Å²) < 4.78 is 5.58. The van der Waals surface area contributed by atoms with Gasteiger partial charge in [0.2, 0.25) is 5.78 Å². The van der Waals surface area contributed by atoms with Gasteiger partial charge in [-0.1, -0.05) is 71.8 Å². The molecule has 4 heteroatoms. The maximum absolute atomic E-state index is 13.0. The van der Waals surface area contributed by atoms with E-state index in [0.717, 1.165) is 5.56 Å². The van der Waals surface area contributed by atoms with Gasteiger partial charge >= 0.3 is 5.97 Å². The summed E-state index contributed by atoms with van der Waals surface area (Å²) >= 11 is 5.85. The summed E-state index contributed by atoms with van der Waals surface area (Å²) in [6, 6.07) is 22.6. The van der Waals surface area contributed by atoms with Crippen molar-refractivity contribution in [3.63, 3.8) is 0 Å². The quantitative estimate of drug-likeness (QED) is 0.448. The molecular weight excluding hydrogens is 348 g/mol. The summed E-state index contributed by atoms with van der Waals surface area (Å²) in [6.45, 7) is 1.95. The molecule has 0 unspecified atom stereocenters. The van der Waals surface area contributed by atoms with Gasteiger partial charge in [0.15, 0.2) is 6.10 Å². The number of ether oxygens (including phenoxy) is 1. The van der Waals surface area contributed by atoms with Crippen LogP contribution in [0, 0.1) is 6.92 Å². The SMILES string of the molecule is Cc1ccc(C(=O)[C@H](OC(=O)c2ccc(Cl)cc2)c2ccccc2)cc1. The van der Waals surface area contributed by atoms with Gasteiger partial charge in [0.1, 0.15) is 0 Å². The molecule has 0 aromatic heterocycles. The fraction of sp³-hybridized carbons (Fsp3) is 0.0909. The van der Waals surface area contributed by atoms with Crippen molar-refractivity contribution in [1.29, 1.82) is 0 Å². The van der Waals surface area contributed by atoms with Crippen LogP contribution in [0.25, 0.3) is 0 Å². The lowest BCUT2D eigenvalue weighted by Gasteiger charge is -2.17. The Morgan fingerprint density at radius 1 is 0.808 bits per heavy atom. The number of esters is 1. The van der Waals surface area contributed by atoms with Crippen molar-refractivity contribution in [3.8, 4) is 0 Å². The van der Waals surface area contributed by atoms with Crippen LogP contribution in [0.15, 0.2) is 78.9 Å². The number of benzene rings is 3. The van der Waals surface area contributed by atoms with Gasteiger partial charge in [-0.2, -0.15) is 0 Å². The molecule has 0 spiro atoms. The van der Waals surface area contributed by atoms with E-state index in [1.165, 1.54) is 0 Å². The first-order valence-electron chi connectivity index (χ1n) is 8.17. The molecule has 0 radical (unpaired) electrons. The molecule has 3 nitrogen and oxygen atoms in total. The van der Waals surface area contributed by atoms with Gasteiger partial charge in [0, 0.05) is 16.1 Å². The molecule has 0 N–H and O–H groups in total. The Bertz CT molecular complexity index is 900. The van der Waals surface area contributed by atoms with Crippen molar-refractivity contribution in [2.45, 2.75) is 13.0 Å². The molecule has 0 saturated heterocycles. The Kier molecular flexibility index (Phi) is 5.49. The first-order chi connectivity index (χ1) is 12.5. The number of Topliss-reactive ketones (excluding diaryl/α,β-unsaturated/α-hetero) is 1. The minimum Gasteiger partial charge on any atom is -0.445 e. The fourth-order valence-electron chi connectivity index (χ4n) is 2.53. The summed E-state index contributed by atoms with van der Waals surface area (Å²) in [5, 5.41) is 0.525. The second-order valence-electron chi connectivity index (χ2n) is 5.93. The molecule has 26 heavy (non-hydrogen) atoms. The second kappa shape index (κ2) is 7.98. The van der Waals surface area contributed by atoms with E-state index in [1.807, 2.05) is 25.1 Å². The molecule has 0 aliphatic heterocycles. The highest BCUT2D eigenvalue weighted by Crippen LogP contribution is 2.24. The van der Waals surface area contributed by atoms with Gasteiger partial charge in [-0.15, -0.1) is 0 Å². The number of hydrogen-bond donors (Lipinski definition) is 0. The number of carbonyl (C=O) groups excluding carboxylic acids is 2. The van der Waals surface area contributed by atoms with Crippen LogP contribution in [-0.2, 0) is 4.74 Å². The maximum atomic E-state index is 13.0. The molecular formula is C22H17ClO3. The normalized spacial score (nSPS) is 11.6. The van der Waals surface area contributed by atoms with Crippen molar-refractivity contribution in [2.75, 3.05) is 0 Å². The fourth-order valence-corrected chi connectivity index (χ4v) is 2.66. The average molecular weight is 365 g/mol. The summed E-state index contributed by atoms with van der Waals surface area (Å²) in [7, 11) is 0. The average Bonchev–Trinajstić information content (AvgIpc) is 2.67. The third-order valence-electron chi connectivity index (χ3n) is 3.98. The van der Waals surface area contributed by atoms with Crippen LogP contribution in [0.5, 0.6) is 0 Å². The highest BCUT2D eigenvalue weighted by molar-refractivity contribution is 6.30. The van der Waals surface area contributed by atoms with Gasteiger partial charge in [0.25, 0.3) is 0 Å². The van der Waals surface area contributed by atoms with Crippen molar-refractivity contribution < 1.29 is 14.3 Å². The Morgan fingerprint density at radius 3 is 2.00 bits per heavy atom. The van der Waals surface area contributed by atoms with Crippen molar-refractivity contribution in [1.82, 2.24) is 0 Å². The molecule has 0 aliphatic carbocycles. The number of halogens is 1. The number of rotatable bonds is 5. The summed E-state index contributed by atoms with van der Waals surface area (Å²) in [6.07, 6.45) is -1.01. The summed E-state index contributed by atoms with van der Waals surface area (Å²) in [5.41, 5.74) is 2.51. The largest absolute Gasteiger partial charge is 0.445 e. The highest BCUT2D eigenvalue weighted by atomic mass is 35.5. The number of ketones is 1. The van der Waals surface area contributed by atoms with E-state index < -0.39 is 12.1 Å². The van der Waals surface area contributed by atoms with Crippen LogP contribution in [0.3, 0.4) is 0 Å². The first-order valence-corrected chi connectivity index (χ1v) is 8.55. The van der Waals surface area contributed by atoms with Crippen molar-refractivity contribution in [3.05, 3.63) is 106 Å². The molecule has 3 aromatic rings.